The first kappa shape index (κ1) is 26.2. The molecule has 10 nitrogen and oxygen atoms in total. The third kappa shape index (κ3) is 6.08. The van der Waals surface area contributed by atoms with Gasteiger partial charge in [0, 0.05) is 28.9 Å². The number of aromatic nitrogens is 2. The molecule has 0 saturated heterocycles. The van der Waals surface area contributed by atoms with Crippen molar-refractivity contribution in [3.8, 4) is 11.5 Å². The van der Waals surface area contributed by atoms with E-state index < -0.39 is 6.02 Å². The Hall–Kier alpha value is -3.86. The maximum absolute atomic E-state index is 11.5. The molecule has 4 rings (SSSR count). The van der Waals surface area contributed by atoms with Crippen LogP contribution in [0.3, 0.4) is 0 Å². The molecule has 0 atom stereocenters. The number of fused-ring (bicyclic) bond motifs is 3. The van der Waals surface area contributed by atoms with Gasteiger partial charge in [-0.2, -0.15) is 5.10 Å². The molecule has 0 aliphatic carbocycles. The second-order valence-corrected chi connectivity index (χ2v) is 6.00. The number of methoxy groups -OCH3 is 1. The molecule has 32 heavy (non-hydrogen) atoms. The quantitative estimate of drug-likeness (QED) is 0.147. The second-order valence-electron chi connectivity index (χ2n) is 6.00. The number of hydrogen-bond donors (Lipinski definition) is 2. The van der Waals surface area contributed by atoms with Gasteiger partial charge in [-0.15, -0.1) is 5.10 Å². The van der Waals surface area contributed by atoms with Gasteiger partial charge in [0.1, 0.15) is 5.75 Å². The summed E-state index contributed by atoms with van der Waals surface area (Å²) in [6, 6.07) is 13.5. The van der Waals surface area contributed by atoms with Gasteiger partial charge in [-0.05, 0) is 35.9 Å². The minimum absolute atomic E-state index is 0. The molecule has 4 aromatic rings. The van der Waals surface area contributed by atoms with E-state index in [4.69, 9.17) is 16.2 Å². The van der Waals surface area contributed by atoms with E-state index in [1.165, 1.54) is 19.2 Å². The largest absolute Gasteiger partial charge is 4.00 e. The van der Waals surface area contributed by atoms with Crippen LogP contribution in [0.1, 0.15) is 5.56 Å². The zero-order valence-corrected chi connectivity index (χ0v) is 18.3. The van der Waals surface area contributed by atoms with Gasteiger partial charge >= 0.3 is 18.6 Å². The van der Waals surface area contributed by atoms with Crippen molar-refractivity contribution >= 4 is 39.7 Å². The summed E-state index contributed by atoms with van der Waals surface area (Å²) in [5, 5.41) is 30.1. The molecule has 0 fully saturated rings. The van der Waals surface area contributed by atoms with Crippen molar-refractivity contribution in [2.45, 2.75) is 0 Å². The van der Waals surface area contributed by atoms with Crippen molar-refractivity contribution in [2.75, 3.05) is 12.8 Å². The summed E-state index contributed by atoms with van der Waals surface area (Å²) >= 11 is 0. The van der Waals surface area contributed by atoms with E-state index in [0.29, 0.717) is 0 Å². The van der Waals surface area contributed by atoms with E-state index in [1.807, 2.05) is 30.3 Å². The zero-order chi connectivity index (χ0) is 21.5. The zero-order valence-electron chi connectivity index (χ0n) is 16.9. The van der Waals surface area contributed by atoms with Gasteiger partial charge in [0.05, 0.1) is 30.4 Å². The minimum Gasteiger partial charge on any atom is -2.00 e. The fraction of sp³-hybridized carbons (Fsp3) is 0.0476. The number of nitrogens with two attached hydrogens (primary N) is 2. The Morgan fingerprint density at radius 3 is 2.44 bits per heavy atom. The Morgan fingerprint density at radius 2 is 1.75 bits per heavy atom. The molecular weight excluding hydrogens is 451 g/mol. The molecule has 161 valence electrons. The molecule has 0 spiro atoms. The monoisotopic (exact) mass is 469 g/mol. The second kappa shape index (κ2) is 12.1. The molecule has 1 radical (unpaired) electrons. The number of ether oxygens (including phenoxy) is 1. The number of nitrogens with zero attached hydrogens (tertiary/aromatic N) is 4. The first-order chi connectivity index (χ1) is 14.5. The number of nitrogen functional groups attached to an aromatic ring is 1. The molecule has 0 aliphatic rings. The van der Waals surface area contributed by atoms with Gasteiger partial charge in [-0.1, -0.05) is 23.9 Å². The van der Waals surface area contributed by atoms with E-state index in [1.54, 1.807) is 18.5 Å². The molecule has 0 unspecified atom stereocenters. The molecule has 2 heterocycles. The molecule has 11 heteroatoms. The number of rotatable bonds is 3. The topological polar surface area (TPSA) is 186 Å². The molecular formula is C21H18N6O4V. The summed E-state index contributed by atoms with van der Waals surface area (Å²) < 4.78 is 4.82. The van der Waals surface area contributed by atoms with Crippen molar-refractivity contribution in [2.24, 2.45) is 15.9 Å². The van der Waals surface area contributed by atoms with Gasteiger partial charge < -0.3 is 31.9 Å². The van der Waals surface area contributed by atoms with Crippen LogP contribution >= 0.6 is 0 Å². The predicted octanol–water partition coefficient (Wildman–Crippen LogP) is 1.02. The first-order valence-corrected chi connectivity index (χ1v) is 8.76. The van der Waals surface area contributed by atoms with Gasteiger partial charge in [-0.25, -0.2) is 0 Å². The van der Waals surface area contributed by atoms with Crippen molar-refractivity contribution in [1.82, 2.24) is 9.97 Å². The smallest absolute Gasteiger partial charge is 2.00 e. The van der Waals surface area contributed by atoms with Gasteiger partial charge in [0.2, 0.25) is 0 Å². The summed E-state index contributed by atoms with van der Waals surface area (Å²) in [6.07, 6.45) is 4.68. The maximum atomic E-state index is 11.5. The van der Waals surface area contributed by atoms with E-state index >= 15 is 0 Å². The molecule has 0 saturated carbocycles. The molecule has 0 amide bonds. The van der Waals surface area contributed by atoms with Crippen LogP contribution in [0, 0.1) is 0 Å². The van der Waals surface area contributed by atoms with Crippen LogP contribution in [0.25, 0.3) is 21.8 Å². The SMILES string of the molecule is COc1cccc(/C=N/N=C(/N)[O-])c1[O-].Nc1cc2cccnc2c2ncccc12.[O-2].[V+4]. The van der Waals surface area contributed by atoms with Crippen LogP contribution < -0.4 is 26.4 Å². The van der Waals surface area contributed by atoms with Crippen molar-refractivity contribution in [3.63, 3.8) is 0 Å². The average molecular weight is 469 g/mol. The van der Waals surface area contributed by atoms with Crippen LogP contribution in [0.4, 0.5) is 5.69 Å². The number of para-hydroxylation sites is 1. The van der Waals surface area contributed by atoms with E-state index in [2.05, 4.69) is 20.2 Å². The first-order valence-electron chi connectivity index (χ1n) is 8.76. The third-order valence-electron chi connectivity index (χ3n) is 4.08. The van der Waals surface area contributed by atoms with Gasteiger partial charge in [-0.3, -0.25) is 9.97 Å². The number of amidine groups is 1. The fourth-order valence-electron chi connectivity index (χ4n) is 2.75. The summed E-state index contributed by atoms with van der Waals surface area (Å²) in [5.41, 5.74) is 13.5. The third-order valence-corrected chi connectivity index (χ3v) is 4.08. The number of anilines is 1. The van der Waals surface area contributed by atoms with Crippen molar-refractivity contribution in [1.29, 1.82) is 0 Å². The van der Waals surface area contributed by atoms with Crippen LogP contribution in [-0.2, 0) is 24.0 Å². The van der Waals surface area contributed by atoms with E-state index in [9.17, 15) is 10.2 Å². The summed E-state index contributed by atoms with van der Waals surface area (Å²) in [7, 11) is 1.39. The Bertz CT molecular complexity index is 1250. The Morgan fingerprint density at radius 1 is 1.06 bits per heavy atom. The van der Waals surface area contributed by atoms with Crippen LogP contribution in [0.5, 0.6) is 11.5 Å². The Labute approximate surface area is 195 Å². The standard InChI is InChI=1S/C12H9N3.C9H11N3O3.O.V/c13-10-7-8-3-1-5-14-11(8)12-9(10)4-2-6-15-12;1-15-7-4-2-3-6(8(7)13)5-11-12-9(10)14;;/h1-7H,13H2;2-5,13H,1H3,(H3,10,12,14);;/q;;-2;+4/p-2/b;11-5+;;. The van der Waals surface area contributed by atoms with Crippen LogP contribution in [0.15, 0.2) is 71.1 Å². The molecule has 0 aliphatic heterocycles. The number of pyridine rings is 2. The van der Waals surface area contributed by atoms with Gasteiger partial charge in [0.15, 0.2) is 0 Å². The van der Waals surface area contributed by atoms with Gasteiger partial charge in [0.25, 0.3) is 0 Å². The Balaban J connectivity index is 0.000000301. The van der Waals surface area contributed by atoms with Crippen LogP contribution in [-0.4, -0.2) is 29.3 Å². The predicted molar refractivity (Wildman–Crippen MR) is 114 cm³/mol. The fourth-order valence-corrected chi connectivity index (χ4v) is 2.75. The maximum Gasteiger partial charge on any atom is 4.00 e. The number of benzene rings is 2. The van der Waals surface area contributed by atoms with E-state index in [0.717, 1.165) is 33.7 Å². The summed E-state index contributed by atoms with van der Waals surface area (Å²) in [5.74, 6) is -0.110. The van der Waals surface area contributed by atoms with Crippen molar-refractivity contribution < 1.29 is 39.0 Å². The number of hydrogen-bond acceptors (Lipinski definition) is 8. The molecule has 2 aromatic heterocycles. The van der Waals surface area contributed by atoms with Crippen LogP contribution in [0.2, 0.25) is 0 Å². The summed E-state index contributed by atoms with van der Waals surface area (Å²) in [4.78, 5) is 8.66. The molecule has 4 N–H and O–H groups in total. The summed E-state index contributed by atoms with van der Waals surface area (Å²) in [6.45, 7) is 0. The normalized spacial score (nSPS) is 10.7. The van der Waals surface area contributed by atoms with Crippen molar-refractivity contribution in [3.05, 3.63) is 66.5 Å². The molecule has 0 bridgehead atoms. The van der Waals surface area contributed by atoms with E-state index in [-0.39, 0.29) is 41.1 Å². The minimum atomic E-state index is -0.915. The average Bonchev–Trinajstić information content (AvgIpc) is 2.75. The molecule has 2 aromatic carbocycles. The Kier molecular flexibility index (Phi) is 9.91.